The number of nitrogens with one attached hydrogen (secondary N) is 6. The Morgan fingerprint density at radius 1 is 0.433 bits per heavy atom. The van der Waals surface area contributed by atoms with E-state index in [1.54, 1.807) is 88.4 Å². The van der Waals surface area contributed by atoms with E-state index in [0.717, 1.165) is 11.1 Å². The maximum Gasteiger partial charge on any atom is 0.328 e. The number of para-hydroxylation sites is 2. The summed E-state index contributed by atoms with van der Waals surface area (Å²) in [5.41, 5.74) is 0.267. The molecule has 0 unspecified atom stereocenters. The fourth-order valence-electron chi connectivity index (χ4n) is 6.56. The fourth-order valence-corrected chi connectivity index (χ4v) is 6.56. The van der Waals surface area contributed by atoms with Crippen molar-refractivity contribution in [2.45, 2.75) is 64.7 Å². The lowest BCUT2D eigenvalue weighted by molar-refractivity contribution is -0.145. The summed E-state index contributed by atoms with van der Waals surface area (Å²) < 4.78 is 9.74. The van der Waals surface area contributed by atoms with Gasteiger partial charge in [-0.05, 0) is 47.2 Å². The van der Waals surface area contributed by atoms with E-state index in [0.29, 0.717) is 0 Å². The molecule has 354 valence electrons. The molecule has 6 N–H and O–H groups in total. The molecular weight excluding hydrogens is 888 g/mol. The summed E-state index contributed by atoms with van der Waals surface area (Å²) in [6.45, 7) is 6.46. The predicted molar refractivity (Wildman–Crippen MR) is 248 cm³/mol. The van der Waals surface area contributed by atoms with E-state index >= 15 is 0 Å². The molecule has 18 nitrogen and oxygen atoms in total. The van der Waals surface area contributed by atoms with Crippen molar-refractivity contribution in [1.29, 1.82) is 0 Å². The second-order valence-electron chi connectivity index (χ2n) is 15.6. The van der Waals surface area contributed by atoms with Gasteiger partial charge in [-0.1, -0.05) is 113 Å². The van der Waals surface area contributed by atoms with Crippen LogP contribution in [0.5, 0.6) is 0 Å². The van der Waals surface area contributed by atoms with E-state index in [2.05, 4.69) is 31.9 Å². The van der Waals surface area contributed by atoms with Gasteiger partial charge in [-0.15, -0.1) is 12.4 Å². The summed E-state index contributed by atoms with van der Waals surface area (Å²) in [6, 6.07) is 23.4. The monoisotopic (exact) mass is 940 g/mol. The molecule has 0 spiro atoms. The second-order valence-corrected chi connectivity index (χ2v) is 15.6. The number of rotatable bonds is 20. The Kier molecular flexibility index (Phi) is 20.5. The highest BCUT2D eigenvalue weighted by Crippen LogP contribution is 2.20. The van der Waals surface area contributed by atoms with E-state index in [-0.39, 0.29) is 47.8 Å². The first-order chi connectivity index (χ1) is 31.4. The van der Waals surface area contributed by atoms with E-state index in [4.69, 9.17) is 9.47 Å². The number of ether oxygens (including phenoxy) is 2. The van der Waals surface area contributed by atoms with Crippen LogP contribution in [0.15, 0.2) is 109 Å². The Hall–Kier alpha value is -7.73. The van der Waals surface area contributed by atoms with Gasteiger partial charge in [-0.2, -0.15) is 0 Å². The topological polar surface area (TPSA) is 261 Å². The summed E-state index contributed by atoms with van der Waals surface area (Å²) in [7, 11) is 2.34. The number of esters is 2. The van der Waals surface area contributed by atoms with Crippen LogP contribution in [0, 0.1) is 11.8 Å². The molecule has 19 heteroatoms. The Labute approximate surface area is 393 Å². The maximum absolute atomic E-state index is 13.5. The molecule has 0 saturated carbocycles. The van der Waals surface area contributed by atoms with Gasteiger partial charge in [0, 0.05) is 12.8 Å². The molecule has 0 fully saturated rings. The predicted octanol–water partition coefficient (Wildman–Crippen LogP) is 3.13. The van der Waals surface area contributed by atoms with Crippen LogP contribution in [-0.2, 0) is 60.7 Å². The maximum atomic E-state index is 13.5. The molecule has 0 aliphatic heterocycles. The average Bonchev–Trinajstić information content (AvgIpc) is 3.31. The van der Waals surface area contributed by atoms with Crippen LogP contribution in [-0.4, -0.2) is 97.3 Å². The molecular formula is C48H53ClN6O12. The summed E-state index contributed by atoms with van der Waals surface area (Å²) in [5, 5.41) is 14.5. The van der Waals surface area contributed by atoms with Crippen molar-refractivity contribution in [2.24, 2.45) is 11.8 Å². The van der Waals surface area contributed by atoms with Gasteiger partial charge in [0.2, 0.25) is 11.8 Å². The summed E-state index contributed by atoms with van der Waals surface area (Å²) in [6.07, 6.45) is 0.177. The van der Waals surface area contributed by atoms with Crippen molar-refractivity contribution < 1.29 is 57.4 Å². The Morgan fingerprint density at radius 2 is 0.746 bits per heavy atom. The number of methoxy groups -OCH3 is 2. The number of Topliss-reactive ketones (excluding diaryl/α,β-unsaturated/α-hetero) is 2. The molecule has 0 heterocycles. The number of benzene rings is 4. The van der Waals surface area contributed by atoms with Gasteiger partial charge in [0.25, 0.3) is 23.4 Å². The van der Waals surface area contributed by atoms with Crippen LogP contribution >= 0.6 is 12.4 Å². The lowest BCUT2D eigenvalue weighted by Gasteiger charge is -2.24. The van der Waals surface area contributed by atoms with E-state index < -0.39 is 95.0 Å². The van der Waals surface area contributed by atoms with Gasteiger partial charge in [-0.3, -0.25) is 38.4 Å². The first-order valence-corrected chi connectivity index (χ1v) is 20.8. The van der Waals surface area contributed by atoms with Crippen LogP contribution in [0.2, 0.25) is 0 Å². The smallest absolute Gasteiger partial charge is 0.328 e. The van der Waals surface area contributed by atoms with E-state index in [9.17, 15) is 47.9 Å². The minimum absolute atomic E-state index is 0. The van der Waals surface area contributed by atoms with Gasteiger partial charge in [0.1, 0.15) is 24.2 Å². The Bertz CT molecular complexity index is 2280. The van der Waals surface area contributed by atoms with Crippen molar-refractivity contribution in [1.82, 2.24) is 21.3 Å². The van der Waals surface area contributed by atoms with Crippen molar-refractivity contribution in [2.75, 3.05) is 24.9 Å². The van der Waals surface area contributed by atoms with Gasteiger partial charge in [0.05, 0.1) is 36.7 Å². The SMILES string of the molecule is COC(=O)[C@H](Cc1ccccc1)NC(=O)[C@@H](NC(=O)C(=O)c1ccccc1NC(=O)C(=O)Nc1ccccc1C(=O)C(=O)N[C@H](C(=O)N[C@@H](Cc1ccccc1)C(=O)OC)C(C)C)C(C)C.Cl. The molecule has 4 aromatic carbocycles. The molecule has 0 aliphatic carbocycles. The molecule has 4 atom stereocenters. The Morgan fingerprint density at radius 3 is 1.06 bits per heavy atom. The van der Waals surface area contributed by atoms with Crippen molar-refractivity contribution in [3.63, 3.8) is 0 Å². The normalized spacial score (nSPS) is 12.4. The molecule has 6 amide bonds. The third-order valence-corrected chi connectivity index (χ3v) is 10.1. The number of halogens is 1. The zero-order valence-electron chi connectivity index (χ0n) is 37.6. The van der Waals surface area contributed by atoms with Crippen LogP contribution in [0.25, 0.3) is 0 Å². The number of amides is 6. The molecule has 0 aliphatic rings. The van der Waals surface area contributed by atoms with Gasteiger partial charge in [0.15, 0.2) is 0 Å². The van der Waals surface area contributed by atoms with Gasteiger partial charge in [-0.25, -0.2) is 9.59 Å². The molecule has 4 aromatic rings. The Balaban J connectivity index is 0.0000119. The number of carbonyl (C=O) groups excluding carboxylic acids is 10. The molecule has 0 aromatic heterocycles. The number of ketones is 2. The largest absolute Gasteiger partial charge is 0.467 e. The summed E-state index contributed by atoms with van der Waals surface area (Å²) in [5.74, 6) is -11.6. The van der Waals surface area contributed by atoms with Crippen LogP contribution in [0.1, 0.15) is 59.5 Å². The standard InChI is InChI=1S/C48H52N6O12.ClH/c1-27(2)37(41(57)51-35(47(63)65-5)25-29-17-9-7-10-18-29)53-43(59)39(55)31-21-13-15-23-33(31)49-45(61)46(62)50-34-24-16-14-22-32(34)40(56)44(60)54-38(28(3)4)42(58)52-36(48(64)66-6)26-30-19-11-8-12-20-30;/h7-24,27-28,35-38H,25-26H2,1-6H3,(H,49,61)(H,50,62)(H,51,57)(H,52,58)(H,53,59)(H,54,60);1H/t35-,36-,37-,38-;/m0./s1. The number of hydrogen-bond donors (Lipinski definition) is 6. The van der Waals surface area contributed by atoms with Crippen LogP contribution in [0.4, 0.5) is 11.4 Å². The average molecular weight is 941 g/mol. The number of carbonyl (C=O) groups is 10. The number of hydrogen-bond acceptors (Lipinski definition) is 12. The van der Waals surface area contributed by atoms with Gasteiger partial charge >= 0.3 is 23.8 Å². The summed E-state index contributed by atoms with van der Waals surface area (Å²) in [4.78, 5) is 132. The third-order valence-electron chi connectivity index (χ3n) is 10.1. The molecule has 0 saturated heterocycles. The second kappa shape index (κ2) is 25.7. The minimum Gasteiger partial charge on any atom is -0.467 e. The van der Waals surface area contributed by atoms with Crippen molar-refractivity contribution >= 4 is 82.7 Å². The summed E-state index contributed by atoms with van der Waals surface area (Å²) >= 11 is 0. The van der Waals surface area contributed by atoms with Gasteiger partial charge < -0.3 is 41.4 Å². The molecule has 0 bridgehead atoms. The fraction of sp³-hybridized carbons (Fsp3) is 0.292. The highest BCUT2D eigenvalue weighted by Gasteiger charge is 2.34. The lowest BCUT2D eigenvalue weighted by atomic mass is 10.0. The lowest BCUT2D eigenvalue weighted by Crippen LogP contribution is -2.55. The first-order valence-electron chi connectivity index (χ1n) is 20.8. The van der Waals surface area contributed by atoms with Crippen LogP contribution in [0.3, 0.4) is 0 Å². The minimum atomic E-state index is -1.33. The van der Waals surface area contributed by atoms with E-state index in [1.165, 1.54) is 62.8 Å². The quantitative estimate of drug-likeness (QED) is 0.0425. The highest BCUT2D eigenvalue weighted by molar-refractivity contribution is 6.48. The zero-order chi connectivity index (χ0) is 48.5. The van der Waals surface area contributed by atoms with Crippen molar-refractivity contribution in [3.8, 4) is 0 Å². The number of anilines is 2. The third kappa shape index (κ3) is 15.2. The van der Waals surface area contributed by atoms with E-state index in [1.807, 2.05) is 0 Å². The highest BCUT2D eigenvalue weighted by atomic mass is 35.5. The zero-order valence-corrected chi connectivity index (χ0v) is 38.4. The molecule has 4 rings (SSSR count). The van der Waals surface area contributed by atoms with Crippen molar-refractivity contribution in [3.05, 3.63) is 131 Å². The first kappa shape index (κ1) is 53.6. The van der Waals surface area contributed by atoms with Crippen LogP contribution < -0.4 is 31.9 Å². The molecule has 0 radical (unpaired) electrons. The molecule has 67 heavy (non-hydrogen) atoms.